The Morgan fingerprint density at radius 3 is 2.63 bits per heavy atom. The van der Waals surface area contributed by atoms with Gasteiger partial charge in [-0.3, -0.25) is 0 Å². The Morgan fingerprint density at radius 1 is 1.26 bits per heavy atom. The van der Waals surface area contributed by atoms with E-state index in [0.29, 0.717) is 12.3 Å². The van der Waals surface area contributed by atoms with Crippen molar-refractivity contribution in [2.75, 3.05) is 19.9 Å². The van der Waals surface area contributed by atoms with Gasteiger partial charge in [-0.2, -0.15) is 13.2 Å². The van der Waals surface area contributed by atoms with E-state index in [9.17, 15) is 13.2 Å². The molecule has 0 aliphatic heterocycles. The van der Waals surface area contributed by atoms with Crippen LogP contribution in [0.4, 0.5) is 13.2 Å². The van der Waals surface area contributed by atoms with Crippen LogP contribution in [0.5, 0.6) is 5.75 Å². The Kier molecular flexibility index (Phi) is 6.11. The fourth-order valence-electron chi connectivity index (χ4n) is 1.51. The minimum atomic E-state index is -4.33. The number of rotatable bonds is 7. The van der Waals surface area contributed by atoms with Crippen LogP contribution in [0.1, 0.15) is 18.1 Å². The molecule has 1 rings (SSSR count). The van der Waals surface area contributed by atoms with Gasteiger partial charge in [0, 0.05) is 12.1 Å². The summed E-state index contributed by atoms with van der Waals surface area (Å²) in [4.78, 5) is 0. The van der Waals surface area contributed by atoms with Crippen LogP contribution in [0.3, 0.4) is 0 Å². The van der Waals surface area contributed by atoms with Gasteiger partial charge in [0.25, 0.3) is 0 Å². The zero-order chi connectivity index (χ0) is 14.3. The smallest absolute Gasteiger partial charge is 0.411 e. The predicted octanol–water partition coefficient (Wildman–Crippen LogP) is 3.02. The Labute approximate surface area is 110 Å². The molecule has 0 radical (unpaired) electrons. The van der Waals surface area contributed by atoms with E-state index in [-0.39, 0.29) is 0 Å². The predicted molar refractivity (Wildman–Crippen MR) is 66.1 cm³/mol. The maximum absolute atomic E-state index is 11.9. The molecule has 0 spiro atoms. The summed E-state index contributed by atoms with van der Waals surface area (Å²) in [6, 6.07) is 5.51. The van der Waals surface area contributed by atoms with Gasteiger partial charge in [0.05, 0.1) is 0 Å². The summed E-state index contributed by atoms with van der Waals surface area (Å²) in [5.74, 6) is 0.536. The third-order valence-electron chi connectivity index (χ3n) is 2.34. The van der Waals surface area contributed by atoms with Crippen LogP contribution >= 0.6 is 0 Å². The van der Waals surface area contributed by atoms with Crippen molar-refractivity contribution in [2.45, 2.75) is 26.6 Å². The normalized spacial score (nSPS) is 11.6. The molecule has 19 heavy (non-hydrogen) atoms. The van der Waals surface area contributed by atoms with Crippen LogP contribution in [-0.4, -0.2) is 26.1 Å². The van der Waals surface area contributed by atoms with Crippen LogP contribution in [0.2, 0.25) is 0 Å². The summed E-state index contributed by atoms with van der Waals surface area (Å²) in [7, 11) is 0. The van der Waals surface area contributed by atoms with Crippen LogP contribution in [0, 0.1) is 6.92 Å². The third-order valence-corrected chi connectivity index (χ3v) is 2.34. The molecular formula is C13H18F3NO2. The number of hydrogen-bond acceptors (Lipinski definition) is 3. The molecule has 0 aliphatic carbocycles. The second-order valence-electron chi connectivity index (χ2n) is 4.12. The summed E-state index contributed by atoms with van der Waals surface area (Å²) in [6.07, 6.45) is -4.33. The zero-order valence-electron chi connectivity index (χ0n) is 11.0. The Hall–Kier alpha value is -1.27. The lowest BCUT2D eigenvalue weighted by atomic mass is 10.1. The zero-order valence-corrected chi connectivity index (χ0v) is 11.0. The van der Waals surface area contributed by atoms with E-state index >= 15 is 0 Å². The van der Waals surface area contributed by atoms with Crippen LogP contribution < -0.4 is 10.1 Å². The summed E-state index contributed by atoms with van der Waals surface area (Å²) in [5.41, 5.74) is 1.97. The highest BCUT2D eigenvalue weighted by Crippen LogP contribution is 2.20. The molecule has 0 atom stereocenters. The van der Waals surface area contributed by atoms with Crippen molar-refractivity contribution in [3.63, 3.8) is 0 Å². The molecule has 0 bridgehead atoms. The van der Waals surface area contributed by atoms with Crippen LogP contribution in [-0.2, 0) is 11.3 Å². The minimum absolute atomic E-state index is 0.415. The van der Waals surface area contributed by atoms with Crippen molar-refractivity contribution in [3.8, 4) is 5.75 Å². The lowest BCUT2D eigenvalue weighted by molar-refractivity contribution is -0.186. The van der Waals surface area contributed by atoms with Gasteiger partial charge in [0.1, 0.15) is 12.4 Å². The van der Waals surface area contributed by atoms with Gasteiger partial charge in [-0.25, -0.2) is 0 Å². The quantitative estimate of drug-likeness (QED) is 0.614. The Balaban J connectivity index is 2.52. The third kappa shape index (κ3) is 6.45. The van der Waals surface area contributed by atoms with Gasteiger partial charge in [-0.15, -0.1) is 0 Å². The van der Waals surface area contributed by atoms with Gasteiger partial charge in [0.2, 0.25) is 0 Å². The van der Waals surface area contributed by atoms with Gasteiger partial charge < -0.3 is 14.8 Å². The first-order valence-electron chi connectivity index (χ1n) is 6.00. The monoisotopic (exact) mass is 277 g/mol. The molecule has 3 nitrogen and oxygen atoms in total. The van der Waals surface area contributed by atoms with E-state index in [4.69, 9.17) is 4.74 Å². The SMILES string of the molecule is CCNCc1cc(C)ccc1OCOCC(F)(F)F. The number of halogens is 3. The largest absolute Gasteiger partial charge is 0.467 e. The molecule has 0 aliphatic rings. The Bertz CT molecular complexity index is 394. The van der Waals surface area contributed by atoms with E-state index in [1.165, 1.54) is 0 Å². The first kappa shape index (κ1) is 15.8. The van der Waals surface area contributed by atoms with Crippen molar-refractivity contribution < 1.29 is 22.6 Å². The molecule has 0 fully saturated rings. The number of nitrogens with one attached hydrogen (secondary N) is 1. The van der Waals surface area contributed by atoms with Crippen molar-refractivity contribution in [2.24, 2.45) is 0 Å². The molecule has 0 saturated heterocycles. The van der Waals surface area contributed by atoms with Crippen LogP contribution in [0.15, 0.2) is 18.2 Å². The molecule has 1 aromatic rings. The maximum atomic E-state index is 11.9. The van der Waals surface area contributed by atoms with Gasteiger partial charge in [-0.05, 0) is 19.5 Å². The van der Waals surface area contributed by atoms with Crippen molar-refractivity contribution in [3.05, 3.63) is 29.3 Å². The van der Waals surface area contributed by atoms with E-state index in [0.717, 1.165) is 17.7 Å². The second-order valence-corrected chi connectivity index (χ2v) is 4.12. The average molecular weight is 277 g/mol. The van der Waals surface area contributed by atoms with E-state index in [2.05, 4.69) is 10.1 Å². The summed E-state index contributed by atoms with van der Waals surface area (Å²) < 4.78 is 45.3. The average Bonchev–Trinajstić information content (AvgIpc) is 2.32. The lowest BCUT2D eigenvalue weighted by Crippen LogP contribution is -2.19. The first-order chi connectivity index (χ1) is 8.92. The molecule has 0 amide bonds. The Morgan fingerprint density at radius 2 is 2.00 bits per heavy atom. The summed E-state index contributed by atoms with van der Waals surface area (Å²) in [5, 5.41) is 3.15. The summed E-state index contributed by atoms with van der Waals surface area (Å²) >= 11 is 0. The van der Waals surface area contributed by atoms with Gasteiger partial charge >= 0.3 is 6.18 Å². The molecule has 1 N–H and O–H groups in total. The second kappa shape index (κ2) is 7.35. The molecule has 1 aromatic carbocycles. The highest BCUT2D eigenvalue weighted by Gasteiger charge is 2.27. The highest BCUT2D eigenvalue weighted by atomic mass is 19.4. The van der Waals surface area contributed by atoms with Crippen molar-refractivity contribution >= 4 is 0 Å². The van der Waals surface area contributed by atoms with Gasteiger partial charge in [-0.1, -0.05) is 24.6 Å². The number of benzene rings is 1. The first-order valence-corrected chi connectivity index (χ1v) is 6.00. The molecule has 0 unspecified atom stereocenters. The standard InChI is InChI=1S/C13H18F3NO2/c1-3-17-7-11-6-10(2)4-5-12(11)19-9-18-8-13(14,15)16/h4-6,17H,3,7-9H2,1-2H3. The number of hydrogen-bond donors (Lipinski definition) is 1. The highest BCUT2D eigenvalue weighted by molar-refractivity contribution is 5.36. The van der Waals surface area contributed by atoms with E-state index in [1.54, 1.807) is 6.07 Å². The van der Waals surface area contributed by atoms with Crippen LogP contribution in [0.25, 0.3) is 0 Å². The topological polar surface area (TPSA) is 30.5 Å². The summed E-state index contributed by atoms with van der Waals surface area (Å²) in [6.45, 7) is 3.61. The van der Waals surface area contributed by atoms with E-state index < -0.39 is 19.6 Å². The number of ether oxygens (including phenoxy) is 2. The molecule has 0 aromatic heterocycles. The molecular weight excluding hydrogens is 259 g/mol. The fourth-order valence-corrected chi connectivity index (χ4v) is 1.51. The molecule has 0 saturated carbocycles. The maximum Gasteiger partial charge on any atom is 0.411 e. The van der Waals surface area contributed by atoms with Crippen molar-refractivity contribution in [1.29, 1.82) is 0 Å². The minimum Gasteiger partial charge on any atom is -0.467 e. The van der Waals surface area contributed by atoms with Crippen molar-refractivity contribution in [1.82, 2.24) is 5.32 Å². The van der Waals surface area contributed by atoms with Gasteiger partial charge in [0.15, 0.2) is 6.79 Å². The fraction of sp³-hybridized carbons (Fsp3) is 0.538. The number of aryl methyl sites for hydroxylation is 1. The molecule has 0 heterocycles. The van der Waals surface area contributed by atoms with E-state index in [1.807, 2.05) is 26.0 Å². The molecule has 6 heteroatoms. The number of alkyl halides is 3. The molecule has 108 valence electrons. The lowest BCUT2D eigenvalue weighted by Gasteiger charge is -2.13.